The third-order valence-corrected chi connectivity index (χ3v) is 7.59. The largest absolute Gasteiger partial charge is 0.370 e. The second kappa shape index (κ2) is 18.6. The fourth-order valence-corrected chi connectivity index (χ4v) is 4.69. The third kappa shape index (κ3) is 12.3. The lowest BCUT2D eigenvalue weighted by atomic mass is 10.0. The molecule has 0 saturated heterocycles. The molecule has 0 bridgehead atoms. The van der Waals surface area contributed by atoms with Crippen LogP contribution in [0.4, 0.5) is 0 Å². The van der Waals surface area contributed by atoms with E-state index in [9.17, 15) is 19.2 Å². The van der Waals surface area contributed by atoms with Gasteiger partial charge in [-0.25, -0.2) is 0 Å². The van der Waals surface area contributed by atoms with Crippen LogP contribution in [0.5, 0.6) is 0 Å². The first-order valence-corrected chi connectivity index (χ1v) is 15.1. The molecule has 0 aliphatic carbocycles. The zero-order valence-electron chi connectivity index (χ0n) is 25.1. The second-order valence-corrected chi connectivity index (χ2v) is 11.1. The van der Waals surface area contributed by atoms with Crippen molar-refractivity contribution in [3.05, 3.63) is 47.8 Å². The summed E-state index contributed by atoms with van der Waals surface area (Å²) >= 11 is 4.42. The number of nitrogens with one attached hydrogen (secondary N) is 4. The molecule has 15 nitrogen and oxygen atoms in total. The van der Waals surface area contributed by atoms with Crippen molar-refractivity contribution in [2.75, 3.05) is 20.1 Å². The van der Waals surface area contributed by atoms with Crippen LogP contribution in [0.1, 0.15) is 44.1 Å². The summed E-state index contributed by atoms with van der Waals surface area (Å²) in [6.07, 6.45) is 4.11. The van der Waals surface area contributed by atoms with Gasteiger partial charge in [0.2, 0.25) is 23.6 Å². The standard InChI is InChI=1S/C28H47N11O4S/c1-39-18(16-35-28(39)44)15-22(38-24(41)19(30)10-7-13-34-27(32)33)26(43)36-20(11-5-6-12-29)25(42)37-21(23(31)40)14-17-8-3-2-4-9-17/h2-4,8-9,16,19-22,28,35,44H,5-7,10-15,29-30H2,1H3,(H2,31,40)(H,36,43)(H,37,42)(H,38,41)(H4,32,33,34). The summed E-state index contributed by atoms with van der Waals surface area (Å²) in [6, 6.07) is 5.08. The average molecular weight is 634 g/mol. The Balaban J connectivity index is 2.20. The Bertz CT molecular complexity index is 1160. The van der Waals surface area contributed by atoms with E-state index in [4.69, 9.17) is 28.7 Å². The van der Waals surface area contributed by atoms with E-state index in [1.54, 1.807) is 18.1 Å². The van der Waals surface area contributed by atoms with Gasteiger partial charge in [0, 0.05) is 38.3 Å². The Labute approximate surface area is 263 Å². The van der Waals surface area contributed by atoms with E-state index in [1.807, 2.05) is 30.3 Å². The molecule has 0 spiro atoms. The van der Waals surface area contributed by atoms with Crippen molar-refractivity contribution in [2.24, 2.45) is 33.7 Å². The van der Waals surface area contributed by atoms with E-state index < -0.39 is 47.8 Å². The average Bonchev–Trinajstić information content (AvgIpc) is 3.30. The molecular formula is C28H47N11O4S. The van der Waals surface area contributed by atoms with Gasteiger partial charge in [-0.15, -0.1) is 12.6 Å². The number of aliphatic imine (C=N–C) groups is 1. The number of nitrogens with zero attached hydrogens (tertiary/aromatic N) is 2. The summed E-state index contributed by atoms with van der Waals surface area (Å²) in [5.74, 6) is -2.50. The molecule has 244 valence electrons. The molecule has 0 fully saturated rings. The Morgan fingerprint density at radius 1 is 0.909 bits per heavy atom. The molecule has 2 rings (SSSR count). The van der Waals surface area contributed by atoms with Gasteiger partial charge >= 0.3 is 0 Å². The maximum atomic E-state index is 13.7. The number of carbonyl (C=O) groups is 4. The molecule has 0 radical (unpaired) electrons. The van der Waals surface area contributed by atoms with E-state index in [0.717, 1.165) is 5.56 Å². The van der Waals surface area contributed by atoms with Crippen LogP contribution in [0.15, 0.2) is 47.2 Å². The van der Waals surface area contributed by atoms with Crippen molar-refractivity contribution in [3.8, 4) is 0 Å². The predicted octanol–water partition coefficient (Wildman–Crippen LogP) is -2.34. The number of benzene rings is 1. The minimum atomic E-state index is -1.08. The second-order valence-electron chi connectivity index (χ2n) is 10.6. The first-order valence-electron chi connectivity index (χ1n) is 14.5. The van der Waals surface area contributed by atoms with Gasteiger partial charge < -0.3 is 54.8 Å². The quantitative estimate of drug-likeness (QED) is 0.0336. The third-order valence-electron chi connectivity index (χ3n) is 7.09. The number of hydrogen-bond donors (Lipinski definition) is 10. The molecule has 1 aromatic rings. The van der Waals surface area contributed by atoms with E-state index in [2.05, 4.69) is 38.9 Å². The topological polar surface area (TPSA) is 262 Å². The van der Waals surface area contributed by atoms with Gasteiger partial charge in [0.05, 0.1) is 6.04 Å². The van der Waals surface area contributed by atoms with Crippen LogP contribution in [-0.4, -0.2) is 84.3 Å². The lowest BCUT2D eigenvalue weighted by molar-refractivity contribution is -0.133. The molecule has 1 aliphatic heterocycles. The number of carbonyl (C=O) groups excluding carboxylic acids is 4. The van der Waals surface area contributed by atoms with Crippen LogP contribution in [-0.2, 0) is 25.6 Å². The molecule has 14 N–H and O–H groups in total. The van der Waals surface area contributed by atoms with E-state index in [0.29, 0.717) is 38.0 Å². The highest BCUT2D eigenvalue weighted by molar-refractivity contribution is 7.80. The maximum absolute atomic E-state index is 13.7. The van der Waals surface area contributed by atoms with Crippen molar-refractivity contribution in [1.82, 2.24) is 26.2 Å². The van der Waals surface area contributed by atoms with Crippen LogP contribution >= 0.6 is 12.6 Å². The van der Waals surface area contributed by atoms with Crippen LogP contribution in [0.3, 0.4) is 0 Å². The predicted molar refractivity (Wildman–Crippen MR) is 172 cm³/mol. The molecule has 4 amide bonds. The Hall–Kier alpha value is -4.02. The summed E-state index contributed by atoms with van der Waals surface area (Å²) in [6.45, 7) is 0.703. The molecule has 1 heterocycles. The number of rotatable bonds is 19. The Kier molecular flexibility index (Phi) is 15.3. The number of primary amides is 1. The highest BCUT2D eigenvalue weighted by Crippen LogP contribution is 2.19. The molecule has 5 atom stereocenters. The van der Waals surface area contributed by atoms with Gasteiger partial charge in [-0.05, 0) is 44.2 Å². The number of hydrogen-bond acceptors (Lipinski definition) is 10. The van der Waals surface area contributed by atoms with Gasteiger partial charge in [0.15, 0.2) is 5.96 Å². The van der Waals surface area contributed by atoms with Gasteiger partial charge in [0.25, 0.3) is 0 Å². The van der Waals surface area contributed by atoms with Crippen molar-refractivity contribution in [1.29, 1.82) is 0 Å². The minimum absolute atomic E-state index is 0.0583. The molecule has 1 aromatic carbocycles. The van der Waals surface area contributed by atoms with Gasteiger partial charge in [-0.1, -0.05) is 30.3 Å². The highest BCUT2D eigenvalue weighted by Gasteiger charge is 2.32. The highest BCUT2D eigenvalue weighted by atomic mass is 32.1. The summed E-state index contributed by atoms with van der Waals surface area (Å²) in [7, 11) is 1.79. The van der Waals surface area contributed by atoms with E-state index >= 15 is 0 Å². The van der Waals surface area contributed by atoms with Crippen LogP contribution in [0.25, 0.3) is 0 Å². The van der Waals surface area contributed by atoms with Gasteiger partial charge in [-0.2, -0.15) is 0 Å². The number of guanidine groups is 1. The Morgan fingerprint density at radius 3 is 2.14 bits per heavy atom. The molecule has 44 heavy (non-hydrogen) atoms. The molecule has 0 saturated carbocycles. The number of thiol groups is 1. The van der Waals surface area contributed by atoms with Crippen LogP contribution in [0.2, 0.25) is 0 Å². The SMILES string of the molecule is CN1C(CC(NC(=O)C(N)CCCN=C(N)N)C(=O)NC(CCCCN)C(=O)NC(Cc2ccccc2)C(N)=O)=CNC1S. The lowest BCUT2D eigenvalue weighted by Gasteiger charge is -2.27. The first-order chi connectivity index (χ1) is 20.9. The minimum Gasteiger partial charge on any atom is -0.370 e. The van der Waals surface area contributed by atoms with Crippen molar-refractivity contribution >= 4 is 42.2 Å². The van der Waals surface area contributed by atoms with Crippen molar-refractivity contribution < 1.29 is 19.2 Å². The zero-order chi connectivity index (χ0) is 32.6. The summed E-state index contributed by atoms with van der Waals surface area (Å²) in [4.78, 5) is 58.0. The zero-order valence-corrected chi connectivity index (χ0v) is 26.0. The smallest absolute Gasteiger partial charge is 0.243 e. The number of nitrogens with two attached hydrogens (primary N) is 5. The van der Waals surface area contributed by atoms with Crippen molar-refractivity contribution in [2.45, 2.75) is 74.6 Å². The van der Waals surface area contributed by atoms with E-state index in [-0.39, 0.29) is 37.1 Å². The van der Waals surface area contributed by atoms with Gasteiger partial charge in [0.1, 0.15) is 23.6 Å². The summed E-state index contributed by atoms with van der Waals surface area (Å²) in [5.41, 5.74) is 29.2. The number of unbranched alkanes of at least 4 members (excludes halogenated alkanes) is 1. The van der Waals surface area contributed by atoms with Crippen molar-refractivity contribution in [3.63, 3.8) is 0 Å². The molecular weight excluding hydrogens is 586 g/mol. The summed E-state index contributed by atoms with van der Waals surface area (Å²) < 4.78 is 0. The van der Waals surface area contributed by atoms with Crippen LogP contribution in [0, 0.1) is 0 Å². The summed E-state index contributed by atoms with van der Waals surface area (Å²) in [5, 5.41) is 11.2. The normalized spacial score (nSPS) is 16.9. The van der Waals surface area contributed by atoms with Crippen LogP contribution < -0.4 is 49.9 Å². The van der Waals surface area contributed by atoms with E-state index in [1.165, 1.54) is 0 Å². The number of amides is 4. The molecule has 16 heteroatoms. The molecule has 1 aliphatic rings. The monoisotopic (exact) mass is 633 g/mol. The fourth-order valence-electron chi connectivity index (χ4n) is 4.47. The molecule has 5 unspecified atom stereocenters. The van der Waals surface area contributed by atoms with Gasteiger partial charge in [-0.3, -0.25) is 24.2 Å². The fraction of sp³-hybridized carbons (Fsp3) is 0.536. The lowest BCUT2D eigenvalue weighted by Crippen LogP contribution is -2.58. The maximum Gasteiger partial charge on any atom is 0.243 e. The first kappa shape index (κ1) is 36.2. The molecule has 0 aromatic heterocycles. The Morgan fingerprint density at radius 2 is 1.55 bits per heavy atom.